The fourth-order valence-corrected chi connectivity index (χ4v) is 9.64. The predicted octanol–water partition coefficient (Wildman–Crippen LogP) is 5.81. The van der Waals surface area contributed by atoms with Crippen LogP contribution in [0.3, 0.4) is 0 Å². The lowest BCUT2D eigenvalue weighted by molar-refractivity contribution is -0.153. The van der Waals surface area contributed by atoms with Gasteiger partial charge in [0.15, 0.2) is 5.78 Å². The molecule has 0 spiro atoms. The predicted molar refractivity (Wildman–Crippen MR) is 120 cm³/mol. The molecule has 2 saturated carbocycles. The van der Waals surface area contributed by atoms with E-state index in [9.17, 15) is 15.3 Å². The minimum atomic E-state index is -2.65. The molecule has 4 nitrogen and oxygen atoms in total. The third-order valence-electron chi connectivity index (χ3n) is 9.01. The van der Waals surface area contributed by atoms with Crippen molar-refractivity contribution in [3.05, 3.63) is 35.5 Å². The van der Waals surface area contributed by atoms with Crippen molar-refractivity contribution in [1.82, 2.24) is 0 Å². The Bertz CT molecular complexity index is 918. The maximum absolute atomic E-state index is 12.1. The Morgan fingerprint density at radius 1 is 1.37 bits per heavy atom. The van der Waals surface area contributed by atoms with Gasteiger partial charge in [0.25, 0.3) is 8.32 Å². The number of carbonyl (C=O) groups is 1. The summed E-state index contributed by atoms with van der Waals surface area (Å²) in [6, 6.07) is 2.65. The summed E-state index contributed by atoms with van der Waals surface area (Å²) < 4.78 is 4.88. The standard InChI is InChI=1S/C24H32ClNO3Si/c1-15-12-17-18(22(2)9-6-16(27)13-20(15)22)7-10-23(3)19(17)8-11-24(23,14-26)21(25)30(4,5)29-28/h6-7,9,13,15,17,19,21,28H,8,10-12H2,1-5H3/t15-,17?,19?,21?,22+,23-,24+/m0/s1. The second-order valence-electron chi connectivity index (χ2n) is 10.8. The van der Waals surface area contributed by atoms with Crippen LogP contribution in [0.1, 0.15) is 46.5 Å². The first-order valence-electron chi connectivity index (χ1n) is 11.0. The second-order valence-corrected chi connectivity index (χ2v) is 15.6. The van der Waals surface area contributed by atoms with E-state index in [0.29, 0.717) is 17.8 Å². The van der Waals surface area contributed by atoms with E-state index in [4.69, 9.17) is 16.2 Å². The smallest absolute Gasteiger partial charge is 0.251 e. The monoisotopic (exact) mass is 445 g/mol. The number of alkyl halides is 1. The number of nitriles is 1. The van der Waals surface area contributed by atoms with Crippen molar-refractivity contribution in [2.24, 2.45) is 34.0 Å². The maximum atomic E-state index is 12.1. The van der Waals surface area contributed by atoms with Crippen LogP contribution in [0.4, 0.5) is 0 Å². The fourth-order valence-electron chi connectivity index (χ4n) is 7.29. The van der Waals surface area contributed by atoms with E-state index in [-0.39, 0.29) is 16.6 Å². The summed E-state index contributed by atoms with van der Waals surface area (Å²) in [5.74, 6) is 1.13. The van der Waals surface area contributed by atoms with Gasteiger partial charge in [-0.05, 0) is 86.6 Å². The number of fused-ring (bicyclic) bond motifs is 5. The molecule has 0 saturated heterocycles. The molecule has 0 aromatic carbocycles. The summed E-state index contributed by atoms with van der Waals surface area (Å²) in [6.45, 7) is 10.5. The maximum Gasteiger partial charge on any atom is 0.251 e. The van der Waals surface area contributed by atoms with Gasteiger partial charge in [-0.3, -0.25) is 14.6 Å². The molecule has 4 rings (SSSR count). The van der Waals surface area contributed by atoms with Crippen LogP contribution in [-0.4, -0.2) is 24.4 Å². The van der Waals surface area contributed by atoms with Crippen molar-refractivity contribution in [3.8, 4) is 6.07 Å². The van der Waals surface area contributed by atoms with Crippen LogP contribution in [0.25, 0.3) is 0 Å². The zero-order valence-corrected chi connectivity index (χ0v) is 20.3. The number of carbonyl (C=O) groups excluding carboxylic acids is 1. The summed E-state index contributed by atoms with van der Waals surface area (Å²) in [7, 11) is -2.65. The van der Waals surface area contributed by atoms with Gasteiger partial charge in [-0.2, -0.15) is 5.26 Å². The van der Waals surface area contributed by atoms with Crippen molar-refractivity contribution < 1.29 is 14.6 Å². The molecule has 6 heteroatoms. The highest BCUT2D eigenvalue weighted by molar-refractivity contribution is 6.79. The number of allylic oxidation sites excluding steroid dienone is 6. The molecular weight excluding hydrogens is 414 g/mol. The molecule has 2 fully saturated rings. The Kier molecular flexibility index (Phi) is 5.07. The first kappa shape index (κ1) is 22.0. The number of ketones is 1. The zero-order chi connectivity index (χ0) is 22.1. The van der Waals surface area contributed by atoms with Crippen LogP contribution in [0, 0.1) is 45.3 Å². The van der Waals surface area contributed by atoms with Crippen LogP contribution in [0.2, 0.25) is 13.1 Å². The fraction of sp³-hybridized carbons (Fsp3) is 0.667. The lowest BCUT2D eigenvalue weighted by Gasteiger charge is -2.56. The molecule has 0 amide bonds. The molecule has 1 N–H and O–H groups in total. The van der Waals surface area contributed by atoms with Crippen LogP contribution in [-0.2, 0) is 9.37 Å². The van der Waals surface area contributed by atoms with Gasteiger partial charge in [-0.25, -0.2) is 0 Å². The summed E-state index contributed by atoms with van der Waals surface area (Å²) in [5.41, 5.74) is 1.43. The highest BCUT2D eigenvalue weighted by Gasteiger charge is 2.67. The molecule has 3 unspecified atom stereocenters. The van der Waals surface area contributed by atoms with E-state index in [2.05, 4.69) is 39.0 Å². The Morgan fingerprint density at radius 3 is 2.70 bits per heavy atom. The summed E-state index contributed by atoms with van der Waals surface area (Å²) in [4.78, 5) is 12.1. The minimum absolute atomic E-state index is 0.0829. The average Bonchev–Trinajstić information content (AvgIpc) is 3.02. The normalized spacial score (nSPS) is 43.7. The van der Waals surface area contributed by atoms with Gasteiger partial charge in [0.1, 0.15) is 0 Å². The van der Waals surface area contributed by atoms with Crippen molar-refractivity contribution in [3.63, 3.8) is 0 Å². The van der Waals surface area contributed by atoms with Gasteiger partial charge in [-0.1, -0.05) is 31.6 Å². The molecule has 0 radical (unpaired) electrons. The molecule has 4 aliphatic rings. The van der Waals surface area contributed by atoms with Gasteiger partial charge >= 0.3 is 0 Å². The molecule has 30 heavy (non-hydrogen) atoms. The number of hydrogen-bond acceptors (Lipinski definition) is 4. The molecule has 0 aromatic heterocycles. The highest BCUT2D eigenvalue weighted by atomic mass is 35.5. The SMILES string of the molecule is C[C@H]1CC2C(=CC[C@@]3(C)C2CC[C@@]3(C#N)C(Cl)[Si](C)(C)OO)[C@@]2(C)C=CC(=O)C=C12. The molecule has 4 aliphatic carbocycles. The van der Waals surface area contributed by atoms with E-state index >= 15 is 0 Å². The van der Waals surface area contributed by atoms with Gasteiger partial charge in [0.05, 0.1) is 16.5 Å². The Balaban J connectivity index is 1.80. The number of halogens is 1. The molecule has 0 aliphatic heterocycles. The first-order chi connectivity index (χ1) is 14.0. The number of nitrogens with zero attached hydrogens (tertiary/aromatic N) is 1. The molecule has 0 bridgehead atoms. The summed E-state index contributed by atoms with van der Waals surface area (Å²) in [5, 5.41) is 19.5. The second kappa shape index (κ2) is 6.90. The quantitative estimate of drug-likeness (QED) is 0.195. The van der Waals surface area contributed by atoms with E-state index in [0.717, 1.165) is 25.7 Å². The van der Waals surface area contributed by atoms with Crippen molar-refractivity contribution in [1.29, 1.82) is 5.26 Å². The third kappa shape index (κ3) is 2.67. The topological polar surface area (TPSA) is 70.3 Å². The van der Waals surface area contributed by atoms with Gasteiger partial charge in [0, 0.05) is 5.41 Å². The van der Waals surface area contributed by atoms with Crippen LogP contribution in [0.15, 0.2) is 35.5 Å². The summed E-state index contributed by atoms with van der Waals surface area (Å²) >= 11 is 6.98. The van der Waals surface area contributed by atoms with Crippen molar-refractivity contribution >= 4 is 25.7 Å². The van der Waals surface area contributed by atoms with Crippen LogP contribution >= 0.6 is 11.6 Å². The number of rotatable bonds is 3. The Labute approximate surface area is 185 Å². The largest absolute Gasteiger partial charge is 0.290 e. The molecule has 0 heterocycles. The Hall–Kier alpha value is -1.19. The lowest BCUT2D eigenvalue weighted by Crippen LogP contribution is -2.57. The lowest BCUT2D eigenvalue weighted by atomic mass is 9.49. The molecule has 0 aromatic rings. The van der Waals surface area contributed by atoms with E-state index < -0.39 is 18.7 Å². The molecule has 7 atom stereocenters. The average molecular weight is 446 g/mol. The summed E-state index contributed by atoms with van der Waals surface area (Å²) in [6.07, 6.45) is 11.5. The van der Waals surface area contributed by atoms with Gasteiger partial charge < -0.3 is 0 Å². The van der Waals surface area contributed by atoms with E-state index in [1.807, 2.05) is 19.2 Å². The van der Waals surface area contributed by atoms with Crippen LogP contribution < -0.4 is 0 Å². The van der Waals surface area contributed by atoms with Crippen molar-refractivity contribution in [2.75, 3.05) is 0 Å². The number of hydrogen-bond donors (Lipinski definition) is 1. The molecular formula is C24H32ClNO3Si. The minimum Gasteiger partial charge on any atom is -0.290 e. The van der Waals surface area contributed by atoms with E-state index in [1.165, 1.54) is 11.1 Å². The highest BCUT2D eigenvalue weighted by Crippen LogP contribution is 2.70. The third-order valence-corrected chi connectivity index (χ3v) is 13.1. The van der Waals surface area contributed by atoms with Gasteiger partial charge in [0.2, 0.25) is 0 Å². The van der Waals surface area contributed by atoms with Gasteiger partial charge in [-0.15, -0.1) is 11.6 Å². The van der Waals surface area contributed by atoms with Crippen LogP contribution in [0.5, 0.6) is 0 Å². The van der Waals surface area contributed by atoms with E-state index in [1.54, 1.807) is 6.08 Å². The first-order valence-corrected chi connectivity index (χ1v) is 14.4. The zero-order valence-electron chi connectivity index (χ0n) is 18.5. The van der Waals surface area contributed by atoms with Crippen molar-refractivity contribution in [2.45, 2.75) is 64.5 Å². The molecule has 162 valence electrons. The Morgan fingerprint density at radius 2 is 2.07 bits per heavy atom.